The lowest BCUT2D eigenvalue weighted by atomic mass is 10.2. The number of aromatic nitrogens is 3. The van der Waals surface area contributed by atoms with Crippen LogP contribution in [0.1, 0.15) is 21.4 Å². The molecule has 20 heavy (non-hydrogen) atoms. The number of nitrogens with one attached hydrogen (secondary N) is 1. The zero-order valence-corrected chi connectivity index (χ0v) is 13.3. The summed E-state index contributed by atoms with van der Waals surface area (Å²) >= 11 is 5.04. The summed E-state index contributed by atoms with van der Waals surface area (Å²) in [6.45, 7) is 2.35. The Morgan fingerprint density at radius 3 is 3.05 bits per heavy atom. The van der Waals surface area contributed by atoms with Crippen LogP contribution < -0.4 is 5.32 Å². The maximum absolute atomic E-state index is 12.3. The third kappa shape index (κ3) is 2.77. The van der Waals surface area contributed by atoms with Crippen molar-refractivity contribution in [1.29, 1.82) is 0 Å². The van der Waals surface area contributed by atoms with E-state index in [1.54, 1.807) is 34.2 Å². The quantitative estimate of drug-likeness (QED) is 0.902. The van der Waals surface area contributed by atoms with Gasteiger partial charge in [-0.2, -0.15) is 0 Å². The van der Waals surface area contributed by atoms with Gasteiger partial charge < -0.3 is 10.2 Å². The number of amides is 1. The second kappa shape index (κ2) is 5.63. The largest absolute Gasteiger partial charge is 0.335 e. The smallest absolute Gasteiger partial charge is 0.276 e. The molecule has 0 unspecified atom stereocenters. The van der Waals surface area contributed by atoms with Crippen molar-refractivity contribution in [2.75, 3.05) is 20.1 Å². The van der Waals surface area contributed by atoms with Crippen LogP contribution >= 0.6 is 27.3 Å². The summed E-state index contributed by atoms with van der Waals surface area (Å²) in [5.74, 6) is -0.104. The van der Waals surface area contributed by atoms with Crippen LogP contribution in [-0.4, -0.2) is 45.9 Å². The topological polar surface area (TPSA) is 63.1 Å². The van der Waals surface area contributed by atoms with Crippen LogP contribution in [0.15, 0.2) is 22.1 Å². The summed E-state index contributed by atoms with van der Waals surface area (Å²) in [5, 5.41) is 13.2. The maximum atomic E-state index is 12.3. The van der Waals surface area contributed by atoms with E-state index in [1.807, 2.05) is 11.4 Å². The monoisotopic (exact) mass is 355 g/mol. The van der Waals surface area contributed by atoms with Gasteiger partial charge in [-0.3, -0.25) is 4.79 Å². The molecular weight excluding hydrogens is 342 g/mol. The fourth-order valence-electron chi connectivity index (χ4n) is 1.95. The van der Waals surface area contributed by atoms with Crippen LogP contribution in [0.25, 0.3) is 0 Å². The molecule has 6 nitrogen and oxygen atoms in total. The van der Waals surface area contributed by atoms with Crippen LogP contribution in [0.5, 0.6) is 0 Å². The molecule has 106 valence electrons. The zero-order valence-electron chi connectivity index (χ0n) is 10.9. The van der Waals surface area contributed by atoms with Crippen LogP contribution in [0.4, 0.5) is 0 Å². The van der Waals surface area contributed by atoms with Gasteiger partial charge in [0.2, 0.25) is 0 Å². The van der Waals surface area contributed by atoms with Crippen LogP contribution in [0.2, 0.25) is 0 Å². The number of hydrogen-bond donors (Lipinski definition) is 1. The first-order valence-corrected chi connectivity index (χ1v) is 7.91. The molecule has 0 saturated carbocycles. The van der Waals surface area contributed by atoms with Crippen LogP contribution in [0, 0.1) is 0 Å². The molecule has 1 fully saturated rings. The number of rotatable bonds is 4. The highest BCUT2D eigenvalue weighted by Crippen LogP contribution is 2.21. The van der Waals surface area contributed by atoms with Crippen LogP contribution in [0.3, 0.4) is 0 Å². The van der Waals surface area contributed by atoms with E-state index in [1.165, 1.54) is 0 Å². The van der Waals surface area contributed by atoms with Crippen molar-refractivity contribution >= 4 is 33.2 Å². The van der Waals surface area contributed by atoms with E-state index in [2.05, 4.69) is 31.6 Å². The number of halogens is 1. The summed E-state index contributed by atoms with van der Waals surface area (Å²) in [6.07, 6.45) is 1.73. The van der Waals surface area contributed by atoms with Gasteiger partial charge in [-0.15, -0.1) is 16.4 Å². The Bertz CT molecular complexity index is 621. The van der Waals surface area contributed by atoms with E-state index in [0.717, 1.165) is 22.4 Å². The molecule has 2 aromatic heterocycles. The SMILES string of the molecule is CN(Cc1cc(Br)cs1)C(=O)c1cn(C2CNC2)nn1. The molecule has 1 aliphatic rings. The van der Waals surface area contributed by atoms with Crippen molar-refractivity contribution in [1.82, 2.24) is 25.2 Å². The average Bonchev–Trinajstić information content (AvgIpc) is 2.96. The van der Waals surface area contributed by atoms with Crippen molar-refractivity contribution < 1.29 is 4.79 Å². The van der Waals surface area contributed by atoms with Gasteiger partial charge in [-0.05, 0) is 22.0 Å². The summed E-state index contributed by atoms with van der Waals surface area (Å²) in [4.78, 5) is 15.1. The molecule has 0 radical (unpaired) electrons. The molecule has 1 amide bonds. The fraction of sp³-hybridized carbons (Fsp3) is 0.417. The Hall–Kier alpha value is -1.25. The molecule has 0 aliphatic carbocycles. The minimum atomic E-state index is -0.104. The summed E-state index contributed by atoms with van der Waals surface area (Å²) in [7, 11) is 1.78. The predicted molar refractivity (Wildman–Crippen MR) is 79.7 cm³/mol. The number of carbonyl (C=O) groups excluding carboxylic acids is 1. The molecule has 0 atom stereocenters. The van der Waals surface area contributed by atoms with E-state index >= 15 is 0 Å². The average molecular weight is 356 g/mol. The van der Waals surface area contributed by atoms with Gasteiger partial charge in [0.25, 0.3) is 5.91 Å². The highest BCUT2D eigenvalue weighted by atomic mass is 79.9. The number of hydrogen-bond acceptors (Lipinski definition) is 5. The van der Waals surface area contributed by atoms with Gasteiger partial charge in [0.05, 0.1) is 18.8 Å². The van der Waals surface area contributed by atoms with Crippen molar-refractivity contribution in [2.24, 2.45) is 0 Å². The van der Waals surface area contributed by atoms with E-state index in [0.29, 0.717) is 18.3 Å². The number of thiophene rings is 1. The molecule has 3 heterocycles. The molecule has 8 heteroatoms. The third-order valence-corrected chi connectivity index (χ3v) is 4.91. The second-order valence-corrected chi connectivity index (χ2v) is 6.70. The first-order valence-electron chi connectivity index (χ1n) is 6.24. The molecule has 0 spiro atoms. The number of carbonyl (C=O) groups is 1. The van der Waals surface area contributed by atoms with E-state index < -0.39 is 0 Å². The molecule has 1 saturated heterocycles. The Balaban J connectivity index is 1.66. The highest BCUT2D eigenvalue weighted by Gasteiger charge is 2.23. The standard InChI is InChI=1S/C12H14BrN5OS/c1-17(5-10-2-8(13)7-20-10)12(19)11-6-18(16-15-11)9-3-14-4-9/h2,6-7,9,14H,3-5H2,1H3. The van der Waals surface area contributed by atoms with Crippen molar-refractivity contribution in [3.8, 4) is 0 Å². The summed E-state index contributed by atoms with van der Waals surface area (Å²) in [5.41, 5.74) is 0.398. The molecule has 2 aromatic rings. The van der Waals surface area contributed by atoms with Gasteiger partial charge in [0, 0.05) is 34.9 Å². The van der Waals surface area contributed by atoms with Gasteiger partial charge >= 0.3 is 0 Å². The molecule has 0 bridgehead atoms. The zero-order chi connectivity index (χ0) is 14.1. The lowest BCUT2D eigenvalue weighted by molar-refractivity contribution is 0.0780. The van der Waals surface area contributed by atoms with Crippen LogP contribution in [-0.2, 0) is 6.54 Å². The van der Waals surface area contributed by atoms with Gasteiger partial charge in [0.1, 0.15) is 0 Å². The van der Waals surface area contributed by atoms with Gasteiger partial charge in [0.15, 0.2) is 5.69 Å². The lowest BCUT2D eigenvalue weighted by Gasteiger charge is -2.26. The van der Waals surface area contributed by atoms with Gasteiger partial charge in [-0.1, -0.05) is 5.21 Å². The minimum Gasteiger partial charge on any atom is -0.335 e. The van der Waals surface area contributed by atoms with E-state index in [9.17, 15) is 4.79 Å². The molecule has 0 aromatic carbocycles. The first-order chi connectivity index (χ1) is 9.63. The van der Waals surface area contributed by atoms with Crippen molar-refractivity contribution in [3.63, 3.8) is 0 Å². The summed E-state index contributed by atoms with van der Waals surface area (Å²) in [6, 6.07) is 2.34. The Morgan fingerprint density at radius 1 is 1.65 bits per heavy atom. The molecule has 3 rings (SSSR count). The van der Waals surface area contributed by atoms with Gasteiger partial charge in [-0.25, -0.2) is 4.68 Å². The summed E-state index contributed by atoms with van der Waals surface area (Å²) < 4.78 is 2.81. The highest BCUT2D eigenvalue weighted by molar-refractivity contribution is 9.10. The molecular formula is C12H14BrN5OS. The van der Waals surface area contributed by atoms with E-state index in [4.69, 9.17) is 0 Å². The Labute approximate surface area is 128 Å². The molecule has 1 N–H and O–H groups in total. The minimum absolute atomic E-state index is 0.104. The molecule has 1 aliphatic heterocycles. The second-order valence-electron chi connectivity index (χ2n) is 4.79. The van der Waals surface area contributed by atoms with E-state index in [-0.39, 0.29) is 5.91 Å². The number of nitrogens with zero attached hydrogens (tertiary/aromatic N) is 4. The van der Waals surface area contributed by atoms with Crippen molar-refractivity contribution in [3.05, 3.63) is 32.7 Å². The lowest BCUT2D eigenvalue weighted by Crippen LogP contribution is -2.43. The predicted octanol–water partition coefficient (Wildman–Crippen LogP) is 1.52. The Morgan fingerprint density at radius 2 is 2.45 bits per heavy atom. The Kier molecular flexibility index (Phi) is 3.86. The maximum Gasteiger partial charge on any atom is 0.276 e. The first kappa shape index (κ1) is 13.7. The normalized spacial score (nSPS) is 15.1. The third-order valence-electron chi connectivity index (χ3n) is 3.22. The fourth-order valence-corrected chi connectivity index (χ4v) is 3.45. The van der Waals surface area contributed by atoms with Crippen molar-refractivity contribution in [2.45, 2.75) is 12.6 Å².